The van der Waals surface area contributed by atoms with Crippen molar-refractivity contribution in [3.8, 4) is 0 Å². The Hall–Kier alpha value is -1.30. The van der Waals surface area contributed by atoms with Crippen LogP contribution in [0.4, 0.5) is 0 Å². The van der Waals surface area contributed by atoms with E-state index in [9.17, 15) is 9.59 Å². The van der Waals surface area contributed by atoms with E-state index in [4.69, 9.17) is 17.3 Å². The minimum atomic E-state index is -0.452. The van der Waals surface area contributed by atoms with Crippen molar-refractivity contribution < 1.29 is 9.59 Å². The lowest BCUT2D eigenvalue weighted by Crippen LogP contribution is -2.52. The van der Waals surface area contributed by atoms with Crippen LogP contribution < -0.4 is 16.4 Å². The number of halogens is 2. The molecule has 0 saturated carbocycles. The van der Waals surface area contributed by atoms with Gasteiger partial charge in [0.2, 0.25) is 11.8 Å². The molecule has 0 aliphatic carbocycles. The summed E-state index contributed by atoms with van der Waals surface area (Å²) in [6.45, 7) is 7.93. The van der Waals surface area contributed by atoms with Gasteiger partial charge in [0.05, 0.1) is 12.5 Å². The van der Waals surface area contributed by atoms with E-state index in [1.807, 2.05) is 19.1 Å². The quantitative estimate of drug-likeness (QED) is 0.637. The molecule has 1 aromatic rings. The van der Waals surface area contributed by atoms with Crippen LogP contribution in [0.15, 0.2) is 24.3 Å². The number of hydrogen-bond donors (Lipinski definition) is 3. The standard InChI is InChI=1S/C18H28ClN3O2.ClH/c1-12(2)10-18(4,11-20)22-17(24)9-16(21-13(3)23)14-5-7-15(19)8-6-14;/h5-8,12,16H,9-11,20H2,1-4H3,(H,21,23)(H,22,24);1H. The normalized spacial score (nSPS) is 14.2. The van der Waals surface area contributed by atoms with Gasteiger partial charge in [0.25, 0.3) is 0 Å². The fourth-order valence-corrected chi connectivity index (χ4v) is 2.98. The zero-order valence-corrected chi connectivity index (χ0v) is 16.8. The molecule has 142 valence electrons. The zero-order chi connectivity index (χ0) is 18.3. The van der Waals surface area contributed by atoms with Crippen molar-refractivity contribution in [1.82, 2.24) is 10.6 Å². The number of nitrogens with two attached hydrogens (primary N) is 1. The van der Waals surface area contributed by atoms with Crippen LogP contribution in [-0.4, -0.2) is 23.9 Å². The zero-order valence-electron chi connectivity index (χ0n) is 15.3. The Morgan fingerprint density at radius 1 is 1.24 bits per heavy atom. The third-order valence-electron chi connectivity index (χ3n) is 3.79. The highest BCUT2D eigenvalue weighted by Crippen LogP contribution is 2.21. The first-order chi connectivity index (χ1) is 11.1. The smallest absolute Gasteiger partial charge is 0.222 e. The molecule has 0 spiro atoms. The summed E-state index contributed by atoms with van der Waals surface area (Å²) >= 11 is 5.90. The molecule has 0 saturated heterocycles. The van der Waals surface area contributed by atoms with Crippen LogP contribution in [0.1, 0.15) is 52.1 Å². The molecule has 1 aromatic carbocycles. The Labute approximate surface area is 161 Å². The van der Waals surface area contributed by atoms with E-state index in [1.54, 1.807) is 12.1 Å². The average Bonchev–Trinajstić information content (AvgIpc) is 2.45. The first-order valence-electron chi connectivity index (χ1n) is 8.19. The lowest BCUT2D eigenvalue weighted by Gasteiger charge is -2.32. The number of hydrogen-bond acceptors (Lipinski definition) is 3. The summed E-state index contributed by atoms with van der Waals surface area (Å²) < 4.78 is 0. The van der Waals surface area contributed by atoms with E-state index >= 15 is 0 Å². The number of nitrogens with one attached hydrogen (secondary N) is 2. The van der Waals surface area contributed by atoms with E-state index in [0.717, 1.165) is 12.0 Å². The summed E-state index contributed by atoms with van der Waals surface area (Å²) in [6.07, 6.45) is 0.940. The molecule has 7 heteroatoms. The lowest BCUT2D eigenvalue weighted by molar-refractivity contribution is -0.124. The molecular formula is C18H29Cl2N3O2. The van der Waals surface area contributed by atoms with Gasteiger partial charge < -0.3 is 16.4 Å². The van der Waals surface area contributed by atoms with Crippen LogP contribution in [0.2, 0.25) is 5.02 Å². The Morgan fingerprint density at radius 2 is 1.80 bits per heavy atom. The van der Waals surface area contributed by atoms with Crippen LogP contribution in [0.3, 0.4) is 0 Å². The largest absolute Gasteiger partial charge is 0.350 e. The number of carbonyl (C=O) groups is 2. The summed E-state index contributed by atoms with van der Waals surface area (Å²) in [4.78, 5) is 24.0. The van der Waals surface area contributed by atoms with Gasteiger partial charge in [-0.1, -0.05) is 37.6 Å². The molecule has 2 atom stereocenters. The summed E-state index contributed by atoms with van der Waals surface area (Å²) in [6, 6.07) is 6.71. The topological polar surface area (TPSA) is 84.2 Å². The maximum absolute atomic E-state index is 12.5. The molecule has 0 fully saturated rings. The molecule has 0 bridgehead atoms. The Morgan fingerprint density at radius 3 is 2.24 bits per heavy atom. The molecular weight excluding hydrogens is 361 g/mol. The fourth-order valence-electron chi connectivity index (χ4n) is 2.85. The van der Waals surface area contributed by atoms with E-state index in [2.05, 4.69) is 24.5 Å². The highest BCUT2D eigenvalue weighted by molar-refractivity contribution is 6.30. The number of rotatable bonds is 8. The molecule has 0 heterocycles. The van der Waals surface area contributed by atoms with Crippen molar-refractivity contribution >= 4 is 35.8 Å². The SMILES string of the molecule is CC(=O)NC(CC(=O)NC(C)(CN)CC(C)C)c1ccc(Cl)cc1.Cl. The van der Waals surface area contributed by atoms with Crippen molar-refractivity contribution in [2.24, 2.45) is 11.7 Å². The second-order valence-corrected chi connectivity index (χ2v) is 7.36. The summed E-state index contributed by atoms with van der Waals surface area (Å²) in [5.41, 5.74) is 6.23. The fraction of sp³-hybridized carbons (Fsp3) is 0.556. The molecule has 2 unspecified atom stereocenters. The van der Waals surface area contributed by atoms with Gasteiger partial charge in [0.15, 0.2) is 0 Å². The van der Waals surface area contributed by atoms with Gasteiger partial charge in [0.1, 0.15) is 0 Å². The number of carbonyl (C=O) groups excluding carboxylic acids is 2. The lowest BCUT2D eigenvalue weighted by atomic mass is 9.90. The van der Waals surface area contributed by atoms with Crippen molar-refractivity contribution in [2.45, 2.75) is 52.1 Å². The predicted octanol–water partition coefficient (Wildman–Crippen LogP) is 3.21. The molecule has 2 amide bonds. The van der Waals surface area contributed by atoms with Gasteiger partial charge in [-0.2, -0.15) is 0 Å². The minimum absolute atomic E-state index is 0. The molecule has 25 heavy (non-hydrogen) atoms. The van der Waals surface area contributed by atoms with Gasteiger partial charge in [-0.15, -0.1) is 12.4 Å². The predicted molar refractivity (Wildman–Crippen MR) is 105 cm³/mol. The molecule has 5 nitrogen and oxygen atoms in total. The summed E-state index contributed by atoms with van der Waals surface area (Å²) in [7, 11) is 0. The van der Waals surface area contributed by atoms with E-state index in [1.165, 1.54) is 6.92 Å². The van der Waals surface area contributed by atoms with Crippen LogP contribution in [0.5, 0.6) is 0 Å². The molecule has 0 aliphatic rings. The van der Waals surface area contributed by atoms with Gasteiger partial charge in [0, 0.05) is 24.0 Å². The first kappa shape index (κ1) is 23.7. The Kier molecular flexibility index (Phi) is 10.1. The third-order valence-corrected chi connectivity index (χ3v) is 4.04. The van der Waals surface area contributed by atoms with E-state index < -0.39 is 11.6 Å². The summed E-state index contributed by atoms with van der Waals surface area (Å²) in [5.74, 6) is 0.0880. The van der Waals surface area contributed by atoms with Crippen LogP contribution in [0, 0.1) is 5.92 Å². The van der Waals surface area contributed by atoms with E-state index in [-0.39, 0.29) is 30.6 Å². The van der Waals surface area contributed by atoms with Crippen LogP contribution in [-0.2, 0) is 9.59 Å². The number of amides is 2. The molecule has 0 aromatic heterocycles. The second-order valence-electron chi connectivity index (χ2n) is 6.92. The van der Waals surface area contributed by atoms with Crippen molar-refractivity contribution in [1.29, 1.82) is 0 Å². The van der Waals surface area contributed by atoms with Crippen molar-refractivity contribution in [3.63, 3.8) is 0 Å². The average molecular weight is 390 g/mol. The monoisotopic (exact) mass is 389 g/mol. The molecule has 0 radical (unpaired) electrons. The van der Waals surface area contributed by atoms with Crippen molar-refractivity contribution in [2.75, 3.05) is 6.54 Å². The Bertz CT molecular complexity index is 564. The van der Waals surface area contributed by atoms with Crippen LogP contribution in [0.25, 0.3) is 0 Å². The first-order valence-corrected chi connectivity index (χ1v) is 8.56. The highest BCUT2D eigenvalue weighted by atomic mass is 35.5. The maximum Gasteiger partial charge on any atom is 0.222 e. The Balaban J connectivity index is 0.00000576. The number of benzene rings is 1. The highest BCUT2D eigenvalue weighted by Gasteiger charge is 2.27. The maximum atomic E-state index is 12.5. The van der Waals surface area contributed by atoms with Crippen LogP contribution >= 0.6 is 24.0 Å². The minimum Gasteiger partial charge on any atom is -0.350 e. The third kappa shape index (κ3) is 8.56. The molecule has 1 rings (SSSR count). The van der Waals surface area contributed by atoms with E-state index in [0.29, 0.717) is 17.5 Å². The second kappa shape index (κ2) is 10.6. The summed E-state index contributed by atoms with van der Waals surface area (Å²) in [5, 5.41) is 6.44. The molecule has 0 aliphatic heterocycles. The van der Waals surface area contributed by atoms with Gasteiger partial charge in [-0.3, -0.25) is 9.59 Å². The van der Waals surface area contributed by atoms with Crippen molar-refractivity contribution in [3.05, 3.63) is 34.9 Å². The van der Waals surface area contributed by atoms with Gasteiger partial charge >= 0.3 is 0 Å². The van der Waals surface area contributed by atoms with Gasteiger partial charge in [-0.25, -0.2) is 0 Å². The molecule has 4 N–H and O–H groups in total. The van der Waals surface area contributed by atoms with Gasteiger partial charge in [-0.05, 0) is 37.0 Å².